The van der Waals surface area contributed by atoms with Gasteiger partial charge in [0.05, 0.1) is 6.04 Å². The number of aryl methyl sites for hydroxylation is 1. The first kappa shape index (κ1) is 16.4. The van der Waals surface area contributed by atoms with Crippen LogP contribution in [-0.2, 0) is 11.2 Å². The average Bonchev–Trinajstić information content (AvgIpc) is 3.37. The Morgan fingerprint density at radius 3 is 2.77 bits per heavy atom. The third kappa shape index (κ3) is 3.49. The summed E-state index contributed by atoms with van der Waals surface area (Å²) in [6.45, 7) is 0.810. The molecule has 1 saturated heterocycles. The highest BCUT2D eigenvalue weighted by Gasteiger charge is 2.29. The Morgan fingerprint density at radius 1 is 1.15 bits per heavy atom. The lowest BCUT2D eigenvalue weighted by molar-refractivity contribution is -0.132. The van der Waals surface area contributed by atoms with Crippen LogP contribution in [0.5, 0.6) is 0 Å². The van der Waals surface area contributed by atoms with Crippen LogP contribution in [0.25, 0.3) is 11.4 Å². The second-order valence-corrected chi connectivity index (χ2v) is 6.40. The lowest BCUT2D eigenvalue weighted by Gasteiger charge is -2.25. The normalized spacial score (nSPS) is 16.8. The maximum atomic E-state index is 12.7. The molecule has 1 fully saturated rings. The summed E-state index contributed by atoms with van der Waals surface area (Å²) in [5.41, 5.74) is 2.06. The van der Waals surface area contributed by atoms with Crippen LogP contribution in [0.2, 0.25) is 0 Å². The van der Waals surface area contributed by atoms with Crippen molar-refractivity contribution in [2.24, 2.45) is 0 Å². The van der Waals surface area contributed by atoms with Gasteiger partial charge in [-0.1, -0.05) is 35.5 Å². The number of amides is 1. The molecule has 0 radical (unpaired) electrons. The SMILES string of the molecule is O=C(CCc1nc(-c2ccncc2)no1)N1CCCC1c1ccccc1. The van der Waals surface area contributed by atoms with Crippen LogP contribution < -0.4 is 0 Å². The van der Waals surface area contributed by atoms with Gasteiger partial charge in [0, 0.05) is 37.3 Å². The smallest absolute Gasteiger partial charge is 0.227 e. The van der Waals surface area contributed by atoms with Gasteiger partial charge in [0.15, 0.2) is 0 Å². The van der Waals surface area contributed by atoms with E-state index in [1.54, 1.807) is 12.4 Å². The molecule has 1 aromatic carbocycles. The van der Waals surface area contributed by atoms with E-state index in [2.05, 4.69) is 27.3 Å². The Morgan fingerprint density at radius 2 is 1.96 bits per heavy atom. The molecule has 1 aliphatic heterocycles. The molecule has 1 atom stereocenters. The molecule has 6 heteroatoms. The minimum atomic E-state index is 0.139. The number of nitrogens with zero attached hydrogens (tertiary/aromatic N) is 4. The van der Waals surface area contributed by atoms with Crippen molar-refractivity contribution in [1.29, 1.82) is 0 Å². The fraction of sp³-hybridized carbons (Fsp3) is 0.300. The van der Waals surface area contributed by atoms with Crippen molar-refractivity contribution in [3.05, 3.63) is 66.3 Å². The third-order valence-corrected chi connectivity index (χ3v) is 4.72. The summed E-state index contributed by atoms with van der Waals surface area (Å²) in [4.78, 5) is 23.0. The molecule has 1 amide bonds. The zero-order chi connectivity index (χ0) is 17.8. The summed E-state index contributed by atoms with van der Waals surface area (Å²) >= 11 is 0. The first-order chi connectivity index (χ1) is 12.8. The molecule has 1 aliphatic rings. The molecule has 26 heavy (non-hydrogen) atoms. The van der Waals surface area contributed by atoms with Crippen LogP contribution in [-0.4, -0.2) is 32.5 Å². The van der Waals surface area contributed by atoms with Gasteiger partial charge in [-0.3, -0.25) is 9.78 Å². The lowest BCUT2D eigenvalue weighted by Crippen LogP contribution is -2.30. The Hall–Kier alpha value is -3.02. The molecule has 0 N–H and O–H groups in total. The highest BCUT2D eigenvalue weighted by atomic mass is 16.5. The van der Waals surface area contributed by atoms with E-state index in [4.69, 9.17) is 4.52 Å². The van der Waals surface area contributed by atoms with Gasteiger partial charge in [0.25, 0.3) is 0 Å². The molecule has 4 rings (SSSR count). The maximum Gasteiger partial charge on any atom is 0.227 e. The zero-order valence-electron chi connectivity index (χ0n) is 14.4. The van der Waals surface area contributed by atoms with E-state index in [9.17, 15) is 4.79 Å². The van der Waals surface area contributed by atoms with Crippen LogP contribution in [0, 0.1) is 0 Å². The van der Waals surface area contributed by atoms with Crippen molar-refractivity contribution in [2.75, 3.05) is 6.54 Å². The van der Waals surface area contributed by atoms with Crippen molar-refractivity contribution in [3.63, 3.8) is 0 Å². The topological polar surface area (TPSA) is 72.1 Å². The number of hydrogen-bond acceptors (Lipinski definition) is 5. The average molecular weight is 348 g/mol. The van der Waals surface area contributed by atoms with Crippen molar-refractivity contribution in [3.8, 4) is 11.4 Å². The predicted octanol–water partition coefficient (Wildman–Crippen LogP) is 3.43. The molecule has 0 aliphatic carbocycles. The Kier molecular flexibility index (Phi) is 4.73. The second-order valence-electron chi connectivity index (χ2n) is 6.40. The van der Waals surface area contributed by atoms with E-state index in [1.807, 2.05) is 35.2 Å². The van der Waals surface area contributed by atoms with Gasteiger partial charge in [-0.05, 0) is 30.5 Å². The Labute approximate surface area is 151 Å². The van der Waals surface area contributed by atoms with Crippen LogP contribution in [0.1, 0.15) is 36.8 Å². The number of carbonyl (C=O) groups is 1. The van der Waals surface area contributed by atoms with Gasteiger partial charge in [-0.25, -0.2) is 0 Å². The van der Waals surface area contributed by atoms with Crippen LogP contribution >= 0.6 is 0 Å². The van der Waals surface area contributed by atoms with Gasteiger partial charge in [0.1, 0.15) is 0 Å². The quantitative estimate of drug-likeness (QED) is 0.706. The third-order valence-electron chi connectivity index (χ3n) is 4.72. The molecular formula is C20H20N4O2. The van der Waals surface area contributed by atoms with Crippen molar-refractivity contribution >= 4 is 5.91 Å². The van der Waals surface area contributed by atoms with E-state index in [0.29, 0.717) is 24.6 Å². The molecule has 132 valence electrons. The van der Waals surface area contributed by atoms with Crippen molar-refractivity contribution < 1.29 is 9.32 Å². The highest BCUT2D eigenvalue weighted by Crippen LogP contribution is 2.32. The van der Waals surface area contributed by atoms with Crippen LogP contribution in [0.3, 0.4) is 0 Å². The molecule has 0 bridgehead atoms. The molecule has 0 spiro atoms. The van der Waals surface area contributed by atoms with Crippen molar-refractivity contribution in [2.45, 2.75) is 31.7 Å². The highest BCUT2D eigenvalue weighted by molar-refractivity contribution is 5.77. The van der Waals surface area contributed by atoms with E-state index in [1.165, 1.54) is 5.56 Å². The van der Waals surface area contributed by atoms with Gasteiger partial charge in [-0.2, -0.15) is 4.98 Å². The second kappa shape index (κ2) is 7.47. The molecule has 6 nitrogen and oxygen atoms in total. The number of pyridine rings is 1. The summed E-state index contributed by atoms with van der Waals surface area (Å²) in [7, 11) is 0. The molecule has 0 saturated carbocycles. The summed E-state index contributed by atoms with van der Waals surface area (Å²) in [6.07, 6.45) is 6.26. The first-order valence-corrected chi connectivity index (χ1v) is 8.88. The predicted molar refractivity (Wildman–Crippen MR) is 96.0 cm³/mol. The Bertz CT molecular complexity index is 864. The number of hydrogen-bond donors (Lipinski definition) is 0. The van der Waals surface area contributed by atoms with Gasteiger partial charge >= 0.3 is 0 Å². The monoisotopic (exact) mass is 348 g/mol. The molecule has 3 heterocycles. The van der Waals surface area contributed by atoms with Gasteiger partial charge < -0.3 is 9.42 Å². The lowest BCUT2D eigenvalue weighted by atomic mass is 10.0. The molecular weight excluding hydrogens is 328 g/mol. The summed E-state index contributed by atoms with van der Waals surface area (Å²) < 4.78 is 5.29. The van der Waals surface area contributed by atoms with Gasteiger partial charge in [-0.15, -0.1) is 0 Å². The fourth-order valence-electron chi connectivity index (χ4n) is 3.42. The van der Waals surface area contributed by atoms with E-state index < -0.39 is 0 Å². The maximum absolute atomic E-state index is 12.7. The number of aromatic nitrogens is 3. The Balaban J connectivity index is 1.39. The van der Waals surface area contributed by atoms with Crippen molar-refractivity contribution in [1.82, 2.24) is 20.0 Å². The summed E-state index contributed by atoms with van der Waals surface area (Å²) in [5, 5.41) is 3.99. The summed E-state index contributed by atoms with van der Waals surface area (Å²) in [5.74, 6) is 1.15. The summed E-state index contributed by atoms with van der Waals surface area (Å²) in [6, 6.07) is 14.1. The first-order valence-electron chi connectivity index (χ1n) is 8.88. The van der Waals surface area contributed by atoms with Crippen LogP contribution in [0.4, 0.5) is 0 Å². The number of benzene rings is 1. The largest absolute Gasteiger partial charge is 0.339 e. The number of carbonyl (C=O) groups excluding carboxylic acids is 1. The standard InChI is InChI=1S/C20H20N4O2/c25-19(24-14-4-7-17(24)15-5-2-1-3-6-15)9-8-18-22-20(23-26-18)16-10-12-21-13-11-16/h1-3,5-6,10-13,17H,4,7-9,14H2. The van der Waals surface area contributed by atoms with E-state index >= 15 is 0 Å². The molecule has 1 unspecified atom stereocenters. The number of rotatable bonds is 5. The van der Waals surface area contributed by atoms with Crippen LogP contribution in [0.15, 0.2) is 59.4 Å². The van der Waals surface area contributed by atoms with E-state index in [-0.39, 0.29) is 11.9 Å². The fourth-order valence-corrected chi connectivity index (χ4v) is 3.42. The molecule has 3 aromatic rings. The minimum Gasteiger partial charge on any atom is -0.339 e. The number of likely N-dealkylation sites (tertiary alicyclic amines) is 1. The zero-order valence-corrected chi connectivity index (χ0v) is 14.4. The van der Waals surface area contributed by atoms with Gasteiger partial charge in [0.2, 0.25) is 17.6 Å². The molecule has 2 aromatic heterocycles. The minimum absolute atomic E-state index is 0.139. The van der Waals surface area contributed by atoms with E-state index in [0.717, 1.165) is 24.9 Å².